The normalized spacial score (nSPS) is 11.9. The van der Waals surface area contributed by atoms with Crippen LogP contribution in [0.5, 0.6) is 0 Å². The molecule has 1 unspecified atom stereocenters. The SMILES string of the molecule is CCCNc1ncnc(NCC(C)COC)c1[N+](=O)[O-]. The van der Waals surface area contributed by atoms with Crippen LogP contribution in [0.15, 0.2) is 6.33 Å². The minimum atomic E-state index is -0.471. The summed E-state index contributed by atoms with van der Waals surface area (Å²) >= 11 is 0. The van der Waals surface area contributed by atoms with Crippen LogP contribution >= 0.6 is 0 Å². The Hall–Kier alpha value is -1.96. The van der Waals surface area contributed by atoms with E-state index >= 15 is 0 Å². The molecule has 1 aromatic rings. The Bertz CT molecular complexity index is 441. The molecule has 8 heteroatoms. The molecule has 0 aliphatic rings. The number of hydrogen-bond donors (Lipinski definition) is 2. The maximum Gasteiger partial charge on any atom is 0.353 e. The Morgan fingerprint density at radius 3 is 2.60 bits per heavy atom. The van der Waals surface area contributed by atoms with E-state index in [1.807, 2.05) is 13.8 Å². The summed E-state index contributed by atoms with van der Waals surface area (Å²) in [6, 6.07) is 0. The number of aromatic nitrogens is 2. The smallest absolute Gasteiger partial charge is 0.353 e. The van der Waals surface area contributed by atoms with Gasteiger partial charge in [-0.3, -0.25) is 10.1 Å². The van der Waals surface area contributed by atoms with E-state index in [9.17, 15) is 10.1 Å². The predicted molar refractivity (Wildman–Crippen MR) is 77.0 cm³/mol. The fraction of sp³-hybridized carbons (Fsp3) is 0.667. The fourth-order valence-corrected chi connectivity index (χ4v) is 1.67. The van der Waals surface area contributed by atoms with Crippen molar-refractivity contribution in [2.75, 3.05) is 37.4 Å². The van der Waals surface area contributed by atoms with Gasteiger partial charge in [0.05, 0.1) is 11.5 Å². The minimum absolute atomic E-state index is 0.120. The highest BCUT2D eigenvalue weighted by Crippen LogP contribution is 2.28. The molecule has 1 aromatic heterocycles. The van der Waals surface area contributed by atoms with Gasteiger partial charge >= 0.3 is 5.69 Å². The molecule has 1 atom stereocenters. The lowest BCUT2D eigenvalue weighted by atomic mass is 10.2. The van der Waals surface area contributed by atoms with Gasteiger partial charge in [0, 0.05) is 20.2 Å². The highest BCUT2D eigenvalue weighted by Gasteiger charge is 2.22. The number of rotatable bonds is 9. The summed E-state index contributed by atoms with van der Waals surface area (Å²) in [6.45, 7) is 5.70. The van der Waals surface area contributed by atoms with Crippen molar-refractivity contribution >= 4 is 17.3 Å². The Balaban J connectivity index is 2.86. The van der Waals surface area contributed by atoms with Gasteiger partial charge in [-0.25, -0.2) is 9.97 Å². The first-order valence-electron chi connectivity index (χ1n) is 6.56. The second-order valence-electron chi connectivity index (χ2n) is 4.54. The highest BCUT2D eigenvalue weighted by atomic mass is 16.6. The number of methoxy groups -OCH3 is 1. The molecule has 2 N–H and O–H groups in total. The molecule has 0 spiro atoms. The molecular weight excluding hydrogens is 262 g/mol. The predicted octanol–water partition coefficient (Wildman–Crippen LogP) is 1.90. The largest absolute Gasteiger partial charge is 0.384 e. The Kier molecular flexibility index (Phi) is 6.65. The number of nitrogens with zero attached hydrogens (tertiary/aromatic N) is 3. The van der Waals surface area contributed by atoms with Crippen LogP contribution < -0.4 is 10.6 Å². The maximum atomic E-state index is 11.2. The van der Waals surface area contributed by atoms with Gasteiger partial charge in [-0.1, -0.05) is 13.8 Å². The van der Waals surface area contributed by atoms with Crippen LogP contribution in [0.2, 0.25) is 0 Å². The van der Waals surface area contributed by atoms with Crippen LogP contribution in [0.3, 0.4) is 0 Å². The number of ether oxygens (including phenoxy) is 1. The second kappa shape index (κ2) is 8.26. The van der Waals surface area contributed by atoms with E-state index in [1.54, 1.807) is 7.11 Å². The van der Waals surface area contributed by atoms with Crippen LogP contribution in [0.4, 0.5) is 17.3 Å². The first-order valence-corrected chi connectivity index (χ1v) is 6.56. The van der Waals surface area contributed by atoms with E-state index in [4.69, 9.17) is 4.74 Å². The van der Waals surface area contributed by atoms with Crippen LogP contribution in [-0.2, 0) is 4.74 Å². The molecule has 0 aromatic carbocycles. The Labute approximate surface area is 118 Å². The molecule has 8 nitrogen and oxygen atoms in total. The van der Waals surface area contributed by atoms with Crippen molar-refractivity contribution in [3.8, 4) is 0 Å². The molecule has 0 radical (unpaired) electrons. The lowest BCUT2D eigenvalue weighted by Gasteiger charge is -2.13. The third kappa shape index (κ3) is 4.61. The lowest BCUT2D eigenvalue weighted by Crippen LogP contribution is -2.18. The molecule has 0 saturated heterocycles. The summed E-state index contributed by atoms with van der Waals surface area (Å²) in [5.41, 5.74) is -0.120. The Morgan fingerprint density at radius 2 is 2.05 bits per heavy atom. The molecule has 1 heterocycles. The van der Waals surface area contributed by atoms with E-state index in [2.05, 4.69) is 20.6 Å². The summed E-state index contributed by atoms with van der Waals surface area (Å²) in [7, 11) is 1.62. The molecule has 0 saturated carbocycles. The molecule has 0 bridgehead atoms. The van der Waals surface area contributed by atoms with Gasteiger partial charge in [-0.15, -0.1) is 0 Å². The molecule has 0 amide bonds. The van der Waals surface area contributed by atoms with Crippen molar-refractivity contribution in [3.63, 3.8) is 0 Å². The molecule has 0 aliphatic carbocycles. The average molecular weight is 283 g/mol. The molecule has 0 fully saturated rings. The first-order chi connectivity index (χ1) is 9.60. The van der Waals surface area contributed by atoms with Crippen LogP contribution in [0.1, 0.15) is 20.3 Å². The van der Waals surface area contributed by atoms with Crippen molar-refractivity contribution in [3.05, 3.63) is 16.4 Å². The van der Waals surface area contributed by atoms with Crippen molar-refractivity contribution in [1.82, 2.24) is 9.97 Å². The Morgan fingerprint density at radius 1 is 1.40 bits per heavy atom. The van der Waals surface area contributed by atoms with Gasteiger partial charge in [-0.05, 0) is 12.3 Å². The fourth-order valence-electron chi connectivity index (χ4n) is 1.67. The highest BCUT2D eigenvalue weighted by molar-refractivity contribution is 5.69. The minimum Gasteiger partial charge on any atom is -0.384 e. The standard InChI is InChI=1S/C12H21N5O3/c1-4-5-13-11-10(17(18)19)12(16-8-15-11)14-6-9(2)7-20-3/h8-9H,4-7H2,1-3H3,(H2,13,14,15,16). The van der Waals surface area contributed by atoms with E-state index in [1.165, 1.54) is 6.33 Å². The van der Waals surface area contributed by atoms with Crippen molar-refractivity contribution < 1.29 is 9.66 Å². The van der Waals surface area contributed by atoms with Gasteiger partial charge in [0.1, 0.15) is 6.33 Å². The molecule has 0 aliphatic heterocycles. The first kappa shape index (κ1) is 16.1. The summed E-state index contributed by atoms with van der Waals surface area (Å²) < 4.78 is 5.03. The molecule has 112 valence electrons. The third-order valence-corrected chi connectivity index (χ3v) is 2.62. The summed E-state index contributed by atoms with van der Waals surface area (Å²) in [5.74, 6) is 0.696. The van der Waals surface area contributed by atoms with E-state index in [0.29, 0.717) is 19.7 Å². The van der Waals surface area contributed by atoms with E-state index < -0.39 is 4.92 Å². The van der Waals surface area contributed by atoms with Crippen molar-refractivity contribution in [2.45, 2.75) is 20.3 Å². The number of nitrogens with one attached hydrogen (secondary N) is 2. The maximum absolute atomic E-state index is 11.2. The van der Waals surface area contributed by atoms with Gasteiger partial charge in [-0.2, -0.15) is 0 Å². The van der Waals surface area contributed by atoms with Gasteiger partial charge in [0.2, 0.25) is 11.6 Å². The molecule has 20 heavy (non-hydrogen) atoms. The zero-order valence-corrected chi connectivity index (χ0v) is 12.0. The number of nitro groups is 1. The zero-order valence-electron chi connectivity index (χ0n) is 12.0. The van der Waals surface area contributed by atoms with Gasteiger partial charge in [0.25, 0.3) is 0 Å². The number of anilines is 2. The van der Waals surface area contributed by atoms with Crippen LogP contribution in [0, 0.1) is 16.0 Å². The summed E-state index contributed by atoms with van der Waals surface area (Å²) in [5, 5.41) is 17.1. The molecule has 1 rings (SSSR count). The van der Waals surface area contributed by atoms with Crippen molar-refractivity contribution in [1.29, 1.82) is 0 Å². The van der Waals surface area contributed by atoms with Gasteiger partial charge < -0.3 is 15.4 Å². The lowest BCUT2D eigenvalue weighted by molar-refractivity contribution is -0.383. The average Bonchev–Trinajstić information content (AvgIpc) is 2.42. The van der Waals surface area contributed by atoms with E-state index in [0.717, 1.165) is 6.42 Å². The molecular formula is C12H21N5O3. The second-order valence-corrected chi connectivity index (χ2v) is 4.54. The zero-order chi connectivity index (χ0) is 15.0. The van der Waals surface area contributed by atoms with E-state index in [-0.39, 0.29) is 23.2 Å². The third-order valence-electron chi connectivity index (χ3n) is 2.62. The van der Waals surface area contributed by atoms with Crippen LogP contribution in [-0.4, -0.2) is 41.7 Å². The van der Waals surface area contributed by atoms with Crippen molar-refractivity contribution in [2.24, 2.45) is 5.92 Å². The van der Waals surface area contributed by atoms with Gasteiger partial charge in [0.15, 0.2) is 0 Å². The number of hydrogen-bond acceptors (Lipinski definition) is 7. The summed E-state index contributed by atoms with van der Waals surface area (Å²) in [4.78, 5) is 18.6. The quantitative estimate of drug-likeness (QED) is 0.527. The monoisotopic (exact) mass is 283 g/mol. The summed E-state index contributed by atoms with van der Waals surface area (Å²) in [6.07, 6.45) is 2.17. The van der Waals surface area contributed by atoms with Crippen LogP contribution in [0.25, 0.3) is 0 Å². The topological polar surface area (TPSA) is 102 Å².